The summed E-state index contributed by atoms with van der Waals surface area (Å²) in [5.74, 6) is -0.919. The SMILES string of the molecule is O=C(OO)C1=C(COc2cc(Cl)ccc2Oc2ccc(Cl)cc2Cl)CS[C@@H]2N1C(=O)[C@]2(N=Cc1ccccc1)C(c1ccccc1)c1ccccc1. The highest BCUT2D eigenvalue weighted by Gasteiger charge is 2.68. The van der Waals surface area contributed by atoms with Crippen LogP contribution >= 0.6 is 46.6 Å². The maximum atomic E-state index is 14.9. The second-order valence-corrected chi connectivity index (χ2v) is 14.3. The van der Waals surface area contributed by atoms with Crippen LogP contribution in [0.2, 0.25) is 15.1 Å². The molecule has 2 heterocycles. The lowest BCUT2D eigenvalue weighted by Gasteiger charge is -2.58. The number of rotatable bonds is 11. The summed E-state index contributed by atoms with van der Waals surface area (Å²) in [6.07, 6.45) is 1.70. The molecule has 2 atom stereocenters. The van der Waals surface area contributed by atoms with Crippen molar-refractivity contribution in [3.05, 3.63) is 170 Å². The summed E-state index contributed by atoms with van der Waals surface area (Å²) in [5.41, 5.74) is 1.49. The highest BCUT2D eigenvalue weighted by molar-refractivity contribution is 8.00. The van der Waals surface area contributed by atoms with Crippen LogP contribution in [-0.2, 0) is 14.5 Å². The molecule has 2 aliphatic heterocycles. The second-order valence-electron chi connectivity index (χ2n) is 12.0. The average Bonchev–Trinajstić information content (AvgIpc) is 3.17. The van der Waals surface area contributed by atoms with Crippen LogP contribution in [0.25, 0.3) is 0 Å². The maximum absolute atomic E-state index is 14.9. The number of fused-ring (bicyclic) bond motifs is 1. The molecule has 2 aliphatic rings. The minimum absolute atomic E-state index is 0.119. The molecule has 1 saturated heterocycles. The first-order chi connectivity index (χ1) is 25.3. The predicted molar refractivity (Wildman–Crippen MR) is 204 cm³/mol. The fraction of sp³-hybridized carbons (Fsp3) is 0.125. The molecule has 0 saturated carbocycles. The molecule has 5 aromatic rings. The Morgan fingerprint density at radius 1 is 0.846 bits per heavy atom. The number of ether oxygens (including phenoxy) is 2. The molecule has 1 fully saturated rings. The monoisotopic (exact) mass is 770 g/mol. The van der Waals surface area contributed by atoms with Crippen molar-refractivity contribution in [2.45, 2.75) is 16.8 Å². The van der Waals surface area contributed by atoms with E-state index in [1.165, 1.54) is 16.7 Å². The first-order valence-electron chi connectivity index (χ1n) is 16.1. The number of hydrogen-bond acceptors (Lipinski definition) is 8. The molecule has 262 valence electrons. The van der Waals surface area contributed by atoms with E-state index in [0.29, 0.717) is 27.1 Å². The highest BCUT2D eigenvalue weighted by atomic mass is 35.5. The molecule has 0 spiro atoms. The van der Waals surface area contributed by atoms with Gasteiger partial charge in [0.05, 0.1) is 5.02 Å². The molecule has 0 aromatic heterocycles. The summed E-state index contributed by atoms with van der Waals surface area (Å²) in [4.78, 5) is 39.0. The Hall–Kier alpha value is -4.77. The van der Waals surface area contributed by atoms with Crippen molar-refractivity contribution in [1.82, 2.24) is 4.90 Å². The van der Waals surface area contributed by atoms with Crippen molar-refractivity contribution in [3.8, 4) is 17.2 Å². The molecule has 0 aliphatic carbocycles. The lowest BCUT2D eigenvalue weighted by atomic mass is 9.69. The van der Waals surface area contributed by atoms with Crippen molar-refractivity contribution in [2.24, 2.45) is 4.99 Å². The van der Waals surface area contributed by atoms with Crippen LogP contribution in [0.1, 0.15) is 22.6 Å². The van der Waals surface area contributed by atoms with Crippen molar-refractivity contribution in [2.75, 3.05) is 12.4 Å². The van der Waals surface area contributed by atoms with Gasteiger partial charge in [-0.2, -0.15) is 5.26 Å². The molecule has 52 heavy (non-hydrogen) atoms. The summed E-state index contributed by atoms with van der Waals surface area (Å²) >= 11 is 20.2. The van der Waals surface area contributed by atoms with Crippen LogP contribution in [-0.4, -0.2) is 51.5 Å². The minimum Gasteiger partial charge on any atom is -0.485 e. The van der Waals surface area contributed by atoms with E-state index in [1.54, 1.807) is 42.6 Å². The maximum Gasteiger partial charge on any atom is 0.389 e. The molecule has 1 amide bonds. The van der Waals surface area contributed by atoms with E-state index >= 15 is 0 Å². The van der Waals surface area contributed by atoms with E-state index in [1.807, 2.05) is 91.0 Å². The van der Waals surface area contributed by atoms with Crippen LogP contribution in [0.5, 0.6) is 17.2 Å². The van der Waals surface area contributed by atoms with Gasteiger partial charge in [0.25, 0.3) is 5.91 Å². The number of β-lactam (4-membered cyclic amide) rings is 1. The lowest BCUT2D eigenvalue weighted by Crippen LogP contribution is -2.75. The van der Waals surface area contributed by atoms with E-state index in [4.69, 9.17) is 49.3 Å². The van der Waals surface area contributed by atoms with Gasteiger partial charge in [0.15, 0.2) is 17.0 Å². The number of benzene rings is 5. The quantitative estimate of drug-likeness (QED) is 0.0618. The normalized spacial score (nSPS) is 18.3. The number of hydrogen-bond donors (Lipinski definition) is 1. The number of nitrogens with zero attached hydrogens (tertiary/aromatic N) is 2. The van der Waals surface area contributed by atoms with E-state index < -0.39 is 28.7 Å². The summed E-state index contributed by atoms with van der Waals surface area (Å²) in [7, 11) is 0. The molecular formula is C40H29Cl3N2O6S. The molecule has 0 bridgehead atoms. The minimum atomic E-state index is -1.37. The summed E-state index contributed by atoms with van der Waals surface area (Å²) in [5, 5.41) is 10.1. The Labute approximate surface area is 319 Å². The molecule has 0 radical (unpaired) electrons. The Bertz CT molecular complexity index is 2130. The summed E-state index contributed by atoms with van der Waals surface area (Å²) in [6, 6.07) is 38.6. The van der Waals surface area contributed by atoms with Gasteiger partial charge in [-0.25, -0.2) is 4.79 Å². The van der Waals surface area contributed by atoms with Crippen LogP contribution in [0, 0.1) is 0 Å². The fourth-order valence-electron chi connectivity index (χ4n) is 6.46. The highest BCUT2D eigenvalue weighted by Crippen LogP contribution is 2.56. The number of amides is 1. The third-order valence-corrected chi connectivity index (χ3v) is 11.0. The number of aliphatic imine (C=N–C) groups is 1. The molecule has 1 N–H and O–H groups in total. The zero-order valence-corrected chi connectivity index (χ0v) is 30.3. The van der Waals surface area contributed by atoms with Crippen LogP contribution in [0.4, 0.5) is 0 Å². The first kappa shape index (κ1) is 35.6. The largest absolute Gasteiger partial charge is 0.485 e. The number of carbonyl (C=O) groups excluding carboxylic acids is 2. The van der Waals surface area contributed by atoms with Gasteiger partial charge in [-0.3, -0.25) is 19.6 Å². The molecule has 5 aromatic carbocycles. The van der Waals surface area contributed by atoms with Crippen molar-refractivity contribution in [1.29, 1.82) is 0 Å². The van der Waals surface area contributed by atoms with Crippen LogP contribution in [0.15, 0.2) is 144 Å². The molecule has 12 heteroatoms. The molecule has 7 rings (SSSR count). The number of halogens is 3. The van der Waals surface area contributed by atoms with Crippen molar-refractivity contribution >= 4 is 64.7 Å². The fourth-order valence-corrected chi connectivity index (χ4v) is 8.55. The van der Waals surface area contributed by atoms with Gasteiger partial charge in [-0.15, -0.1) is 11.8 Å². The van der Waals surface area contributed by atoms with E-state index in [-0.39, 0.29) is 28.8 Å². The Kier molecular flexibility index (Phi) is 10.6. The van der Waals surface area contributed by atoms with Crippen LogP contribution < -0.4 is 9.47 Å². The molecule has 8 nitrogen and oxygen atoms in total. The van der Waals surface area contributed by atoms with Gasteiger partial charge >= 0.3 is 5.97 Å². The van der Waals surface area contributed by atoms with Crippen molar-refractivity contribution in [3.63, 3.8) is 0 Å². The zero-order chi connectivity index (χ0) is 36.2. The lowest BCUT2D eigenvalue weighted by molar-refractivity contribution is -0.232. The van der Waals surface area contributed by atoms with E-state index in [0.717, 1.165) is 16.7 Å². The Morgan fingerprint density at radius 3 is 2.06 bits per heavy atom. The standard InChI is InChI=1S/C40H29Cl3N2O6S/c41-29-16-18-32(31(43)20-29)50-33-19-17-30(42)21-34(33)49-23-28-24-52-39-40(44-22-25-10-4-1-5-11-25,38(47)45(39)36(28)37(46)51-48)35(26-12-6-2-7-13-26)27-14-8-3-9-15-27/h1-22,35,39,48H,23-24H2/t39-,40+/m0/s1. The second kappa shape index (κ2) is 15.5. The van der Waals surface area contributed by atoms with Crippen molar-refractivity contribution < 1.29 is 29.2 Å². The number of thioether (sulfide) groups is 1. The predicted octanol–water partition coefficient (Wildman–Crippen LogP) is 9.69. The average molecular weight is 772 g/mol. The van der Waals surface area contributed by atoms with Crippen LogP contribution in [0.3, 0.4) is 0 Å². The first-order valence-corrected chi connectivity index (χ1v) is 18.3. The Morgan fingerprint density at radius 2 is 1.44 bits per heavy atom. The summed E-state index contributed by atoms with van der Waals surface area (Å²) < 4.78 is 12.2. The Balaban J connectivity index is 1.27. The topological polar surface area (TPSA) is 97.7 Å². The zero-order valence-electron chi connectivity index (χ0n) is 27.2. The smallest absolute Gasteiger partial charge is 0.389 e. The van der Waals surface area contributed by atoms with Gasteiger partial charge in [0, 0.05) is 39.6 Å². The van der Waals surface area contributed by atoms with Gasteiger partial charge in [0.1, 0.15) is 23.4 Å². The van der Waals surface area contributed by atoms with Gasteiger partial charge in [-0.05, 0) is 47.0 Å². The number of carbonyl (C=O) groups is 2. The van der Waals surface area contributed by atoms with Gasteiger partial charge < -0.3 is 9.47 Å². The third kappa shape index (κ3) is 6.90. The van der Waals surface area contributed by atoms with E-state index in [2.05, 4.69) is 4.89 Å². The van der Waals surface area contributed by atoms with Gasteiger partial charge in [0.2, 0.25) is 0 Å². The third-order valence-electron chi connectivity index (χ3n) is 8.79. The van der Waals surface area contributed by atoms with E-state index in [9.17, 15) is 14.8 Å². The van der Waals surface area contributed by atoms with Gasteiger partial charge in [-0.1, -0.05) is 126 Å². The molecular weight excluding hydrogens is 743 g/mol. The summed E-state index contributed by atoms with van der Waals surface area (Å²) in [6.45, 7) is -0.167. The molecule has 0 unspecified atom stereocenters.